The summed E-state index contributed by atoms with van der Waals surface area (Å²) in [6.07, 6.45) is -5.55. The summed E-state index contributed by atoms with van der Waals surface area (Å²) in [5.74, 6) is -4.31. The molecule has 1 unspecified atom stereocenters. The fraction of sp³-hybridized carbons (Fsp3) is 0.500. The van der Waals surface area contributed by atoms with E-state index in [9.17, 15) is 26.3 Å². The molecule has 1 aromatic carbocycles. The van der Waals surface area contributed by atoms with Gasteiger partial charge in [0.25, 0.3) is 0 Å². The molecule has 0 aliphatic rings. The van der Waals surface area contributed by atoms with E-state index in [1.807, 2.05) is 0 Å². The highest BCUT2D eigenvalue weighted by molar-refractivity contribution is 5.23. The van der Waals surface area contributed by atoms with Crippen LogP contribution >= 0.6 is 0 Å². The van der Waals surface area contributed by atoms with E-state index in [0.29, 0.717) is 0 Å². The van der Waals surface area contributed by atoms with Gasteiger partial charge in [-0.3, -0.25) is 0 Å². The summed E-state index contributed by atoms with van der Waals surface area (Å²) >= 11 is 0. The Labute approximate surface area is 106 Å². The van der Waals surface area contributed by atoms with Crippen LogP contribution in [-0.2, 0) is 0 Å². The summed E-state index contributed by atoms with van der Waals surface area (Å²) in [5.41, 5.74) is -0.177. The van der Waals surface area contributed by atoms with Gasteiger partial charge in [0.1, 0.15) is 0 Å². The molecule has 0 aliphatic heterocycles. The molecule has 0 amide bonds. The average Bonchev–Trinajstić information content (AvgIpc) is 2.32. The molecule has 0 saturated carbocycles. The van der Waals surface area contributed by atoms with E-state index < -0.39 is 36.1 Å². The third-order valence-corrected chi connectivity index (χ3v) is 2.74. The second-order valence-corrected chi connectivity index (χ2v) is 4.11. The van der Waals surface area contributed by atoms with Gasteiger partial charge in [-0.05, 0) is 26.0 Å². The summed E-state index contributed by atoms with van der Waals surface area (Å²) in [5, 5.41) is 2.60. The van der Waals surface area contributed by atoms with Crippen molar-refractivity contribution in [2.45, 2.75) is 31.5 Å². The molecule has 19 heavy (non-hydrogen) atoms. The van der Waals surface area contributed by atoms with Gasteiger partial charge >= 0.3 is 6.18 Å². The van der Waals surface area contributed by atoms with E-state index in [2.05, 4.69) is 5.32 Å². The third-order valence-electron chi connectivity index (χ3n) is 2.74. The zero-order valence-electron chi connectivity index (χ0n) is 10.1. The van der Waals surface area contributed by atoms with Crippen LogP contribution in [0.15, 0.2) is 12.1 Å². The van der Waals surface area contributed by atoms with E-state index in [0.717, 1.165) is 12.1 Å². The maximum absolute atomic E-state index is 13.5. The molecule has 7 heteroatoms. The molecular formula is C12H13F6N. The van der Waals surface area contributed by atoms with E-state index >= 15 is 0 Å². The number of alkyl halides is 3. The molecule has 0 aliphatic carbocycles. The van der Waals surface area contributed by atoms with Crippen molar-refractivity contribution in [3.8, 4) is 0 Å². The molecule has 108 valence electrons. The lowest BCUT2D eigenvalue weighted by Crippen LogP contribution is -2.19. The summed E-state index contributed by atoms with van der Waals surface area (Å²) < 4.78 is 75.3. The van der Waals surface area contributed by atoms with Crippen LogP contribution < -0.4 is 5.32 Å². The van der Waals surface area contributed by atoms with Crippen LogP contribution in [-0.4, -0.2) is 13.2 Å². The van der Waals surface area contributed by atoms with Gasteiger partial charge in [0, 0.05) is 18.0 Å². The molecule has 1 rings (SSSR count). The second kappa shape index (κ2) is 6.27. The van der Waals surface area contributed by atoms with Gasteiger partial charge in [-0.25, -0.2) is 13.2 Å². The first-order chi connectivity index (χ1) is 8.76. The summed E-state index contributed by atoms with van der Waals surface area (Å²) in [6.45, 7) is 0. The number of nitrogens with one attached hydrogen (secondary N) is 1. The van der Waals surface area contributed by atoms with Gasteiger partial charge in [0.15, 0.2) is 17.5 Å². The van der Waals surface area contributed by atoms with Crippen LogP contribution in [0.5, 0.6) is 0 Å². The number of hydrogen-bond donors (Lipinski definition) is 1. The second-order valence-electron chi connectivity index (χ2n) is 4.11. The lowest BCUT2D eigenvalue weighted by Gasteiger charge is -2.18. The standard InChI is InChI=1S/C12H13F6N/c1-19-9(3-2-6-12(16,17)18)7-4-5-8(13)11(15)10(7)14/h4-5,9,19H,2-3,6H2,1H3. The summed E-state index contributed by atoms with van der Waals surface area (Å²) in [6, 6.07) is 0.988. The number of hydrogen-bond acceptors (Lipinski definition) is 1. The monoisotopic (exact) mass is 285 g/mol. The highest BCUT2D eigenvalue weighted by Crippen LogP contribution is 2.28. The maximum atomic E-state index is 13.5. The van der Waals surface area contributed by atoms with E-state index in [1.165, 1.54) is 7.05 Å². The Kier molecular flexibility index (Phi) is 5.22. The van der Waals surface area contributed by atoms with Crippen molar-refractivity contribution in [3.63, 3.8) is 0 Å². The molecule has 0 radical (unpaired) electrons. The Balaban J connectivity index is 2.78. The Morgan fingerprint density at radius 2 is 1.74 bits per heavy atom. The molecule has 0 heterocycles. The van der Waals surface area contributed by atoms with Gasteiger partial charge in [0.2, 0.25) is 0 Å². The van der Waals surface area contributed by atoms with Crippen molar-refractivity contribution in [2.24, 2.45) is 0 Å². The SMILES string of the molecule is CNC(CCCC(F)(F)F)c1ccc(F)c(F)c1F. The minimum Gasteiger partial charge on any atom is -0.313 e. The van der Waals surface area contributed by atoms with Crippen LogP contribution in [0.2, 0.25) is 0 Å². The van der Waals surface area contributed by atoms with Crippen LogP contribution in [0.4, 0.5) is 26.3 Å². The van der Waals surface area contributed by atoms with Gasteiger partial charge in [-0.2, -0.15) is 13.2 Å². The molecule has 1 N–H and O–H groups in total. The van der Waals surface area contributed by atoms with E-state index in [-0.39, 0.29) is 18.4 Å². The van der Waals surface area contributed by atoms with Crippen LogP contribution in [0.25, 0.3) is 0 Å². The number of benzene rings is 1. The van der Waals surface area contributed by atoms with Crippen molar-refractivity contribution in [3.05, 3.63) is 35.1 Å². The molecule has 1 aromatic rings. The van der Waals surface area contributed by atoms with Crippen molar-refractivity contribution in [1.82, 2.24) is 5.32 Å². The quantitative estimate of drug-likeness (QED) is 0.634. The molecular weight excluding hydrogens is 272 g/mol. The van der Waals surface area contributed by atoms with Crippen molar-refractivity contribution >= 4 is 0 Å². The third kappa shape index (κ3) is 4.41. The van der Waals surface area contributed by atoms with Crippen LogP contribution in [0.3, 0.4) is 0 Å². The summed E-state index contributed by atoms with van der Waals surface area (Å²) in [4.78, 5) is 0. The van der Waals surface area contributed by atoms with Gasteiger partial charge in [-0.15, -0.1) is 0 Å². The van der Waals surface area contributed by atoms with Crippen LogP contribution in [0.1, 0.15) is 30.9 Å². The van der Waals surface area contributed by atoms with Crippen molar-refractivity contribution in [2.75, 3.05) is 7.05 Å². The highest BCUT2D eigenvalue weighted by Gasteiger charge is 2.27. The normalized spacial score (nSPS) is 13.6. The lowest BCUT2D eigenvalue weighted by atomic mass is 10.00. The average molecular weight is 285 g/mol. The predicted molar refractivity (Wildman–Crippen MR) is 58.0 cm³/mol. The Hall–Kier alpha value is -1.24. The first-order valence-electron chi connectivity index (χ1n) is 5.63. The van der Waals surface area contributed by atoms with Gasteiger partial charge < -0.3 is 5.32 Å². The largest absolute Gasteiger partial charge is 0.389 e. The summed E-state index contributed by atoms with van der Waals surface area (Å²) in [7, 11) is 1.42. The first kappa shape index (κ1) is 15.8. The fourth-order valence-corrected chi connectivity index (χ4v) is 1.77. The lowest BCUT2D eigenvalue weighted by molar-refractivity contribution is -0.135. The molecule has 1 nitrogen and oxygen atoms in total. The maximum Gasteiger partial charge on any atom is 0.389 e. The van der Waals surface area contributed by atoms with Gasteiger partial charge in [0.05, 0.1) is 0 Å². The minimum atomic E-state index is -4.29. The molecule has 0 spiro atoms. The topological polar surface area (TPSA) is 12.0 Å². The zero-order valence-corrected chi connectivity index (χ0v) is 10.1. The Bertz CT molecular complexity index is 429. The van der Waals surface area contributed by atoms with Gasteiger partial charge in [-0.1, -0.05) is 6.07 Å². The Morgan fingerprint density at radius 1 is 1.11 bits per heavy atom. The van der Waals surface area contributed by atoms with Crippen molar-refractivity contribution in [1.29, 1.82) is 0 Å². The molecule has 0 aromatic heterocycles. The molecule has 0 fully saturated rings. The van der Waals surface area contributed by atoms with E-state index in [4.69, 9.17) is 0 Å². The molecule has 0 saturated heterocycles. The highest BCUT2D eigenvalue weighted by atomic mass is 19.4. The minimum absolute atomic E-state index is 0.0298. The fourth-order valence-electron chi connectivity index (χ4n) is 1.77. The van der Waals surface area contributed by atoms with Crippen molar-refractivity contribution < 1.29 is 26.3 Å². The number of halogens is 6. The number of rotatable bonds is 5. The van der Waals surface area contributed by atoms with Crippen LogP contribution in [0, 0.1) is 17.5 Å². The smallest absolute Gasteiger partial charge is 0.313 e. The first-order valence-corrected chi connectivity index (χ1v) is 5.63. The molecule has 0 bridgehead atoms. The predicted octanol–water partition coefficient (Wildman–Crippen LogP) is 4.10. The van der Waals surface area contributed by atoms with E-state index in [1.54, 1.807) is 0 Å². The molecule has 1 atom stereocenters. The Morgan fingerprint density at radius 3 is 2.26 bits per heavy atom. The zero-order chi connectivity index (χ0) is 14.6.